The Labute approximate surface area is 90.8 Å². The fourth-order valence-electron chi connectivity index (χ4n) is 0.927. The summed E-state index contributed by atoms with van der Waals surface area (Å²) in [6.45, 7) is 7.99. The first-order chi connectivity index (χ1) is 6.75. The van der Waals surface area contributed by atoms with Crippen molar-refractivity contribution in [2.24, 2.45) is 11.1 Å². The van der Waals surface area contributed by atoms with Crippen LogP contribution in [0.1, 0.15) is 27.7 Å². The van der Waals surface area contributed by atoms with Gasteiger partial charge in [0.1, 0.15) is 0 Å². The number of rotatable bonds is 4. The minimum atomic E-state index is -0.533. The van der Waals surface area contributed by atoms with Gasteiger partial charge in [-0.25, -0.2) is 0 Å². The largest absolute Gasteiger partial charge is 0.355 e. The molecule has 0 fully saturated rings. The Morgan fingerprint density at radius 3 is 2.07 bits per heavy atom. The predicted octanol–water partition coefficient (Wildman–Crippen LogP) is -0.388. The van der Waals surface area contributed by atoms with Gasteiger partial charge in [-0.3, -0.25) is 9.59 Å². The summed E-state index contributed by atoms with van der Waals surface area (Å²) in [5.41, 5.74) is 5.49. The van der Waals surface area contributed by atoms with Crippen LogP contribution in [-0.4, -0.2) is 30.9 Å². The molecule has 2 amide bonds. The zero-order valence-corrected chi connectivity index (χ0v) is 9.89. The lowest BCUT2D eigenvalue weighted by Crippen LogP contribution is -2.49. The van der Waals surface area contributed by atoms with Gasteiger partial charge in [0.2, 0.25) is 11.8 Å². The van der Waals surface area contributed by atoms with Crippen LogP contribution >= 0.6 is 0 Å². The van der Waals surface area contributed by atoms with Crippen molar-refractivity contribution in [1.82, 2.24) is 10.6 Å². The molecule has 0 aliphatic carbocycles. The van der Waals surface area contributed by atoms with Gasteiger partial charge in [0.15, 0.2) is 0 Å². The molecule has 5 heteroatoms. The predicted molar refractivity (Wildman–Crippen MR) is 59.1 cm³/mol. The quantitative estimate of drug-likeness (QED) is 0.558. The topological polar surface area (TPSA) is 84.2 Å². The molecule has 0 aromatic carbocycles. The van der Waals surface area contributed by atoms with Crippen molar-refractivity contribution in [2.45, 2.75) is 33.7 Å². The zero-order chi connectivity index (χ0) is 12.1. The van der Waals surface area contributed by atoms with Crippen molar-refractivity contribution in [2.75, 3.05) is 13.1 Å². The fraction of sp³-hybridized carbons (Fsp3) is 0.800. The summed E-state index contributed by atoms with van der Waals surface area (Å²) < 4.78 is 0. The highest BCUT2D eigenvalue weighted by Gasteiger charge is 2.26. The minimum Gasteiger partial charge on any atom is -0.355 e. The maximum atomic E-state index is 11.5. The lowest BCUT2D eigenvalue weighted by Gasteiger charge is -2.25. The van der Waals surface area contributed by atoms with E-state index in [1.165, 1.54) is 6.92 Å². The van der Waals surface area contributed by atoms with E-state index < -0.39 is 6.04 Å². The molecule has 15 heavy (non-hydrogen) atoms. The minimum absolute atomic E-state index is 0.107. The molecule has 0 aromatic heterocycles. The third kappa shape index (κ3) is 6.06. The van der Waals surface area contributed by atoms with Gasteiger partial charge in [0, 0.05) is 20.0 Å². The van der Waals surface area contributed by atoms with Crippen LogP contribution in [0.15, 0.2) is 0 Å². The summed E-state index contributed by atoms with van der Waals surface area (Å²) >= 11 is 0. The Morgan fingerprint density at radius 1 is 1.20 bits per heavy atom. The van der Waals surface area contributed by atoms with Gasteiger partial charge in [-0.15, -0.1) is 0 Å². The van der Waals surface area contributed by atoms with E-state index in [4.69, 9.17) is 5.73 Å². The van der Waals surface area contributed by atoms with Gasteiger partial charge in [0.25, 0.3) is 0 Å². The van der Waals surface area contributed by atoms with Crippen molar-refractivity contribution in [1.29, 1.82) is 0 Å². The number of carbonyl (C=O) groups excluding carboxylic acids is 2. The lowest BCUT2D eigenvalue weighted by atomic mass is 9.87. The second-order valence-corrected chi connectivity index (χ2v) is 4.62. The first-order valence-electron chi connectivity index (χ1n) is 5.03. The number of hydrogen-bond donors (Lipinski definition) is 3. The van der Waals surface area contributed by atoms with Crippen molar-refractivity contribution in [3.63, 3.8) is 0 Å². The van der Waals surface area contributed by atoms with Crippen LogP contribution in [0.2, 0.25) is 0 Å². The van der Waals surface area contributed by atoms with Gasteiger partial charge in [-0.1, -0.05) is 20.8 Å². The summed E-state index contributed by atoms with van der Waals surface area (Å²) in [4.78, 5) is 22.0. The number of hydrogen-bond acceptors (Lipinski definition) is 3. The SMILES string of the molecule is CC(=O)NCCNC(=O)C(N)C(C)(C)C. The second-order valence-electron chi connectivity index (χ2n) is 4.62. The van der Waals surface area contributed by atoms with Crippen LogP contribution in [0.3, 0.4) is 0 Å². The highest BCUT2D eigenvalue weighted by atomic mass is 16.2. The van der Waals surface area contributed by atoms with Crippen LogP contribution in [0.5, 0.6) is 0 Å². The second kappa shape index (κ2) is 5.70. The van der Waals surface area contributed by atoms with Crippen LogP contribution in [-0.2, 0) is 9.59 Å². The Kier molecular flexibility index (Phi) is 5.28. The molecule has 0 saturated heterocycles. The highest BCUT2D eigenvalue weighted by molar-refractivity contribution is 5.82. The van der Waals surface area contributed by atoms with E-state index in [1.807, 2.05) is 20.8 Å². The van der Waals surface area contributed by atoms with Crippen LogP contribution < -0.4 is 16.4 Å². The molecule has 0 heterocycles. The third-order valence-corrected chi connectivity index (χ3v) is 2.01. The normalized spacial score (nSPS) is 13.1. The highest BCUT2D eigenvalue weighted by Crippen LogP contribution is 2.16. The lowest BCUT2D eigenvalue weighted by molar-refractivity contribution is -0.125. The fourth-order valence-corrected chi connectivity index (χ4v) is 0.927. The summed E-state index contributed by atoms with van der Waals surface area (Å²) in [6, 6.07) is -0.533. The Hall–Kier alpha value is -1.10. The first kappa shape index (κ1) is 13.9. The number of nitrogens with one attached hydrogen (secondary N) is 2. The number of nitrogens with two attached hydrogens (primary N) is 1. The first-order valence-corrected chi connectivity index (χ1v) is 5.03. The van der Waals surface area contributed by atoms with Crippen molar-refractivity contribution in [3.05, 3.63) is 0 Å². The molecule has 0 saturated carbocycles. The van der Waals surface area contributed by atoms with E-state index in [-0.39, 0.29) is 17.2 Å². The van der Waals surface area contributed by atoms with E-state index in [9.17, 15) is 9.59 Å². The maximum absolute atomic E-state index is 11.5. The summed E-state index contributed by atoms with van der Waals surface area (Å²) in [5, 5.41) is 5.25. The molecule has 0 spiro atoms. The van der Waals surface area contributed by atoms with Crippen molar-refractivity contribution in [3.8, 4) is 0 Å². The van der Waals surface area contributed by atoms with E-state index in [0.29, 0.717) is 13.1 Å². The average molecular weight is 215 g/mol. The van der Waals surface area contributed by atoms with Gasteiger partial charge >= 0.3 is 0 Å². The summed E-state index contributed by atoms with van der Waals surface area (Å²) in [5.74, 6) is -0.294. The van der Waals surface area contributed by atoms with Gasteiger partial charge in [0.05, 0.1) is 6.04 Å². The number of carbonyl (C=O) groups is 2. The van der Waals surface area contributed by atoms with Crippen LogP contribution in [0.25, 0.3) is 0 Å². The Balaban J connectivity index is 3.80. The Morgan fingerprint density at radius 2 is 1.67 bits per heavy atom. The molecule has 0 rings (SSSR count). The molecular weight excluding hydrogens is 194 g/mol. The molecule has 0 aliphatic rings. The van der Waals surface area contributed by atoms with Gasteiger partial charge in [-0.05, 0) is 5.41 Å². The van der Waals surface area contributed by atoms with Crippen LogP contribution in [0.4, 0.5) is 0 Å². The molecule has 0 bridgehead atoms. The monoisotopic (exact) mass is 215 g/mol. The molecule has 5 nitrogen and oxygen atoms in total. The van der Waals surface area contributed by atoms with Gasteiger partial charge < -0.3 is 16.4 Å². The summed E-state index contributed by atoms with van der Waals surface area (Å²) in [6.07, 6.45) is 0. The molecule has 4 N–H and O–H groups in total. The molecule has 1 atom stereocenters. The van der Waals surface area contributed by atoms with Gasteiger partial charge in [-0.2, -0.15) is 0 Å². The van der Waals surface area contributed by atoms with Crippen LogP contribution in [0, 0.1) is 5.41 Å². The average Bonchev–Trinajstić information content (AvgIpc) is 2.09. The molecular formula is C10H21N3O2. The Bertz CT molecular complexity index is 233. The van der Waals surface area contributed by atoms with E-state index in [2.05, 4.69) is 10.6 Å². The van der Waals surface area contributed by atoms with E-state index in [1.54, 1.807) is 0 Å². The van der Waals surface area contributed by atoms with E-state index >= 15 is 0 Å². The molecule has 0 radical (unpaired) electrons. The smallest absolute Gasteiger partial charge is 0.237 e. The number of amides is 2. The molecule has 0 aliphatic heterocycles. The zero-order valence-electron chi connectivity index (χ0n) is 9.89. The maximum Gasteiger partial charge on any atom is 0.237 e. The summed E-state index contributed by atoms with van der Waals surface area (Å²) in [7, 11) is 0. The van der Waals surface area contributed by atoms with Crippen molar-refractivity contribution < 1.29 is 9.59 Å². The van der Waals surface area contributed by atoms with Crippen molar-refractivity contribution >= 4 is 11.8 Å². The molecule has 88 valence electrons. The van der Waals surface area contributed by atoms with E-state index in [0.717, 1.165) is 0 Å². The third-order valence-electron chi connectivity index (χ3n) is 2.01. The standard InChI is InChI=1S/C10H21N3O2/c1-7(14)12-5-6-13-9(15)8(11)10(2,3)4/h8H,5-6,11H2,1-4H3,(H,12,14)(H,13,15). The molecule has 1 unspecified atom stereocenters. The molecule has 0 aromatic rings.